The minimum Gasteiger partial charge on any atom is -0.481 e. The maximum Gasteiger partial charge on any atom is 0.335 e. The van der Waals surface area contributed by atoms with Gasteiger partial charge in [-0.3, -0.25) is 4.79 Å². The normalized spacial score (nSPS) is 53.5. The summed E-state index contributed by atoms with van der Waals surface area (Å²) in [6, 6.07) is 0. The second-order valence-corrected chi connectivity index (χ2v) is 22.7. The maximum atomic E-state index is 13.8. The SMILES string of the molecule is CC1(C)CC[C@]2(C(=O)O)CC[C@]3(C)C(=CC[C@@H]4[C@@]5(C)CC[C@H](O[C@@H]6O[C@H](C(=O)O)[C@@H](O)[C@H](O[C@@H]7OC[C@@H](O)[C@H](O)[C@H]7O)[C@H]6O[C@@H]6OC(CO)[C@H](O)[C@H](O)[C@H]6O)[C@@](C)(C=O)[C@@H]5CC[C@]43C)[C@@H]2C1. The molecule has 0 aromatic carbocycles. The second-order valence-electron chi connectivity index (χ2n) is 22.7. The predicted molar refractivity (Wildman–Crippen MR) is 226 cm³/mol. The molecule has 0 radical (unpaired) electrons. The number of aliphatic hydroxyl groups is 8. The van der Waals surface area contributed by atoms with Crippen LogP contribution in [0, 0.1) is 50.2 Å². The lowest BCUT2D eigenvalue weighted by molar-refractivity contribution is -0.391. The molecule has 4 saturated carbocycles. The van der Waals surface area contributed by atoms with Crippen LogP contribution in [-0.4, -0.2) is 175 Å². The number of aldehydes is 1. The number of rotatable bonds is 10. The van der Waals surface area contributed by atoms with E-state index >= 15 is 0 Å². The van der Waals surface area contributed by atoms with Crippen molar-refractivity contribution in [2.24, 2.45) is 50.2 Å². The van der Waals surface area contributed by atoms with E-state index in [1.807, 2.05) is 0 Å². The van der Waals surface area contributed by atoms with Gasteiger partial charge in [-0.15, -0.1) is 0 Å². The molecule has 3 heterocycles. The number of carbonyl (C=O) groups excluding carboxylic acids is 1. The van der Waals surface area contributed by atoms with E-state index in [0.29, 0.717) is 32.1 Å². The number of allylic oxidation sites excluding steroid dienone is 2. The van der Waals surface area contributed by atoms with Crippen LogP contribution in [0.25, 0.3) is 0 Å². The number of carboxylic acid groups (broad SMARTS) is 2. The maximum absolute atomic E-state index is 13.8. The molecule has 3 aliphatic heterocycles. The molecule has 0 amide bonds. The highest BCUT2D eigenvalue weighted by Gasteiger charge is 2.70. The van der Waals surface area contributed by atoms with Crippen LogP contribution in [0.1, 0.15) is 106 Å². The van der Waals surface area contributed by atoms with Crippen LogP contribution in [0.3, 0.4) is 0 Å². The van der Waals surface area contributed by atoms with Gasteiger partial charge in [-0.2, -0.15) is 0 Å². The number of hydrogen-bond acceptors (Lipinski definition) is 17. The van der Waals surface area contributed by atoms with Crippen LogP contribution in [0.15, 0.2) is 11.6 Å². The molecule has 19 heteroatoms. The van der Waals surface area contributed by atoms with Gasteiger partial charge in [0, 0.05) is 0 Å². The Morgan fingerprint density at radius 3 is 2.05 bits per heavy atom. The molecule has 66 heavy (non-hydrogen) atoms. The Morgan fingerprint density at radius 2 is 1.39 bits per heavy atom. The highest BCUT2D eigenvalue weighted by atomic mass is 16.8. The van der Waals surface area contributed by atoms with Crippen LogP contribution in [0.4, 0.5) is 0 Å². The number of carbonyl (C=O) groups is 3. The van der Waals surface area contributed by atoms with Gasteiger partial charge in [-0.25, -0.2) is 4.79 Å². The smallest absolute Gasteiger partial charge is 0.335 e. The lowest BCUT2D eigenvalue weighted by Crippen LogP contribution is -2.68. The van der Waals surface area contributed by atoms with Gasteiger partial charge >= 0.3 is 11.9 Å². The average Bonchev–Trinajstić information content (AvgIpc) is 3.26. The fraction of sp³-hybridized carbons (Fsp3) is 0.894. The predicted octanol–water partition coefficient (Wildman–Crippen LogP) is 0.617. The summed E-state index contributed by atoms with van der Waals surface area (Å²) in [7, 11) is 0. The molecule has 23 atom stereocenters. The average molecular weight is 941 g/mol. The van der Waals surface area contributed by atoms with Crippen LogP contribution < -0.4 is 0 Å². The molecule has 0 aromatic heterocycles. The van der Waals surface area contributed by atoms with E-state index < -0.39 is 134 Å². The quantitative estimate of drug-likeness (QED) is 0.0815. The first-order valence-electron chi connectivity index (χ1n) is 23.7. The highest BCUT2D eigenvalue weighted by molar-refractivity contribution is 5.77. The molecule has 374 valence electrons. The standard InChI is InChI=1S/C47H72O19/c1-42(2)13-15-47(41(59)60)16-14-45(5)21(22(47)17-42)7-8-26-43(3)11-10-27(44(4,20-49)25(43)9-12-46(26,45)6)63-40-36(66-39-32(55)30(53)29(52)24(18-48)62-39)34(33(56)35(65-40)37(57)58)64-38-31(54)28(51)23(50)19-61-38/h7,20,22-36,38-40,48,50-56H,8-19H2,1-6H3,(H,57,58)(H,59,60)/t22-,23+,24?,25+,26+,27-,28-,29-,30-,31+,32+,33-,34-,35-,36+,38-,39-,40+,43-,44-,45+,46+,47-/m0/s1. The summed E-state index contributed by atoms with van der Waals surface area (Å²) in [5, 5.41) is 106. The zero-order chi connectivity index (χ0) is 48.3. The molecule has 5 aliphatic carbocycles. The van der Waals surface area contributed by atoms with E-state index in [-0.39, 0.29) is 40.4 Å². The third-order valence-electron chi connectivity index (χ3n) is 18.9. The first kappa shape index (κ1) is 50.2. The first-order chi connectivity index (χ1) is 30.8. The Bertz CT molecular complexity index is 1880. The van der Waals surface area contributed by atoms with Crippen molar-refractivity contribution in [3.8, 4) is 0 Å². The van der Waals surface area contributed by atoms with Crippen molar-refractivity contribution in [1.82, 2.24) is 0 Å². The van der Waals surface area contributed by atoms with Crippen molar-refractivity contribution in [1.29, 1.82) is 0 Å². The minimum atomic E-state index is -2.12. The number of ether oxygens (including phenoxy) is 6. The summed E-state index contributed by atoms with van der Waals surface area (Å²) < 4.78 is 35.9. The number of fused-ring (bicyclic) bond motifs is 7. The fourth-order valence-electron chi connectivity index (χ4n) is 14.7. The summed E-state index contributed by atoms with van der Waals surface area (Å²) in [6.07, 6.45) is -17.0. The van der Waals surface area contributed by atoms with Gasteiger partial charge in [0.1, 0.15) is 67.3 Å². The molecule has 0 spiro atoms. The molecule has 8 aliphatic rings. The fourth-order valence-corrected chi connectivity index (χ4v) is 14.7. The monoisotopic (exact) mass is 940 g/mol. The zero-order valence-electron chi connectivity index (χ0n) is 38.7. The van der Waals surface area contributed by atoms with Gasteiger partial charge in [0.25, 0.3) is 0 Å². The molecule has 3 saturated heterocycles. The summed E-state index contributed by atoms with van der Waals surface area (Å²) >= 11 is 0. The Labute approximate surface area is 384 Å². The second kappa shape index (κ2) is 17.6. The molecule has 1 unspecified atom stereocenters. The Morgan fingerprint density at radius 1 is 0.727 bits per heavy atom. The van der Waals surface area contributed by atoms with E-state index in [1.165, 1.54) is 5.57 Å². The van der Waals surface area contributed by atoms with Crippen molar-refractivity contribution in [3.05, 3.63) is 11.6 Å². The Hall–Kier alpha value is -2.21. The van der Waals surface area contributed by atoms with Crippen LogP contribution in [-0.2, 0) is 42.8 Å². The third-order valence-corrected chi connectivity index (χ3v) is 18.9. The lowest BCUT2D eigenvalue weighted by Gasteiger charge is -2.71. The molecule has 7 fully saturated rings. The van der Waals surface area contributed by atoms with Gasteiger partial charge in [-0.1, -0.05) is 53.2 Å². The van der Waals surface area contributed by atoms with Crippen molar-refractivity contribution in [2.75, 3.05) is 13.2 Å². The van der Waals surface area contributed by atoms with E-state index in [2.05, 4.69) is 40.7 Å². The number of carboxylic acids is 2. The van der Waals surface area contributed by atoms with Crippen LogP contribution in [0.5, 0.6) is 0 Å². The van der Waals surface area contributed by atoms with Crippen molar-refractivity contribution in [2.45, 2.75) is 198 Å². The van der Waals surface area contributed by atoms with Crippen LogP contribution >= 0.6 is 0 Å². The van der Waals surface area contributed by atoms with Gasteiger partial charge in [0.15, 0.2) is 25.0 Å². The highest BCUT2D eigenvalue weighted by Crippen LogP contribution is 2.76. The molecular formula is C47H72O19. The summed E-state index contributed by atoms with van der Waals surface area (Å²) in [4.78, 5) is 39.7. The Kier molecular flexibility index (Phi) is 13.4. The van der Waals surface area contributed by atoms with Crippen LogP contribution in [0.2, 0.25) is 0 Å². The summed E-state index contributed by atoms with van der Waals surface area (Å²) in [5.74, 6) is -2.62. The summed E-state index contributed by atoms with van der Waals surface area (Å²) in [6.45, 7) is 11.8. The van der Waals surface area contributed by atoms with Crippen molar-refractivity contribution < 1.29 is 93.9 Å². The first-order valence-corrected chi connectivity index (χ1v) is 23.7. The van der Waals surface area contributed by atoms with Gasteiger partial charge in [-0.05, 0) is 104 Å². The number of aliphatic carboxylic acids is 2. The van der Waals surface area contributed by atoms with Crippen molar-refractivity contribution in [3.63, 3.8) is 0 Å². The third kappa shape index (κ3) is 7.65. The minimum absolute atomic E-state index is 0.000855. The van der Waals surface area contributed by atoms with E-state index in [1.54, 1.807) is 6.92 Å². The molecular weight excluding hydrogens is 868 g/mol. The molecule has 8 rings (SSSR count). The Balaban J connectivity index is 1.12. The summed E-state index contributed by atoms with van der Waals surface area (Å²) in [5.41, 5.74) is -1.72. The zero-order valence-corrected chi connectivity index (χ0v) is 38.7. The topological polar surface area (TPSA) is 309 Å². The molecule has 19 nitrogen and oxygen atoms in total. The van der Waals surface area contributed by atoms with E-state index in [0.717, 1.165) is 32.0 Å². The molecule has 0 bridgehead atoms. The van der Waals surface area contributed by atoms with Crippen molar-refractivity contribution >= 4 is 18.2 Å². The molecule has 10 N–H and O–H groups in total. The molecule has 0 aromatic rings. The largest absolute Gasteiger partial charge is 0.481 e. The van der Waals surface area contributed by atoms with E-state index in [9.17, 15) is 65.4 Å². The lowest BCUT2D eigenvalue weighted by atomic mass is 9.33. The van der Waals surface area contributed by atoms with E-state index in [4.69, 9.17) is 28.4 Å². The number of hydrogen-bond donors (Lipinski definition) is 10. The van der Waals surface area contributed by atoms with Gasteiger partial charge in [0.05, 0.1) is 30.1 Å². The van der Waals surface area contributed by atoms with Gasteiger partial charge in [0.2, 0.25) is 0 Å². The number of aliphatic hydroxyl groups excluding tert-OH is 8. The van der Waals surface area contributed by atoms with Gasteiger partial charge < -0.3 is 84.3 Å².